The van der Waals surface area contributed by atoms with E-state index < -0.39 is 0 Å². The van der Waals surface area contributed by atoms with E-state index >= 15 is 0 Å². The molecule has 0 spiro atoms. The van der Waals surface area contributed by atoms with E-state index in [-0.39, 0.29) is 0 Å². The number of benzene rings is 1. The quantitative estimate of drug-likeness (QED) is 0.452. The second-order valence-corrected chi connectivity index (χ2v) is 7.63. The molecule has 2 aromatic heterocycles. The van der Waals surface area contributed by atoms with Crippen molar-refractivity contribution in [2.45, 2.75) is 44.9 Å². The highest BCUT2D eigenvalue weighted by Crippen LogP contribution is 2.26. The zero-order chi connectivity index (χ0) is 18.6. The van der Waals surface area contributed by atoms with Gasteiger partial charge in [-0.15, -0.1) is 10.2 Å². The highest BCUT2D eigenvalue weighted by atomic mass is 32.2. The number of ether oxygens (including phenoxy) is 1. The third-order valence-corrected chi connectivity index (χ3v) is 5.28. The molecular formula is C20H22N4O2S. The first-order chi connectivity index (χ1) is 13.2. The molecule has 3 aromatic rings. The van der Waals surface area contributed by atoms with E-state index in [1.165, 1.54) is 24.0 Å². The molecule has 2 heterocycles. The fourth-order valence-electron chi connectivity index (χ4n) is 3.14. The van der Waals surface area contributed by atoms with Crippen molar-refractivity contribution in [2.24, 2.45) is 5.10 Å². The highest BCUT2D eigenvalue weighted by Gasteiger charge is 2.12. The summed E-state index contributed by atoms with van der Waals surface area (Å²) in [6.45, 7) is 4.35. The maximum Gasteiger partial charge on any atom is 0.212 e. The second-order valence-electron chi connectivity index (χ2n) is 6.40. The first kappa shape index (κ1) is 17.9. The van der Waals surface area contributed by atoms with Crippen molar-refractivity contribution in [1.29, 1.82) is 0 Å². The number of aromatic nitrogens is 3. The lowest BCUT2D eigenvalue weighted by Crippen LogP contribution is -1.96. The van der Waals surface area contributed by atoms with Crippen LogP contribution in [-0.4, -0.2) is 26.8 Å². The van der Waals surface area contributed by atoms with Crippen molar-refractivity contribution in [3.63, 3.8) is 0 Å². The van der Waals surface area contributed by atoms with Crippen LogP contribution >= 0.6 is 11.8 Å². The Bertz CT molecular complexity index is 961. The number of nitrogens with zero attached hydrogens (tertiary/aromatic N) is 4. The predicted octanol–water partition coefficient (Wildman–Crippen LogP) is 4.24. The average molecular weight is 382 g/mol. The number of furan rings is 1. The Kier molecular flexibility index (Phi) is 5.29. The predicted molar refractivity (Wildman–Crippen MR) is 106 cm³/mol. The number of hydrogen-bond donors (Lipinski definition) is 0. The van der Waals surface area contributed by atoms with E-state index in [2.05, 4.69) is 34.4 Å². The summed E-state index contributed by atoms with van der Waals surface area (Å²) >= 11 is 1.60. The molecule has 0 radical (unpaired) electrons. The topological polar surface area (TPSA) is 65.4 Å². The molecule has 0 atom stereocenters. The van der Waals surface area contributed by atoms with Gasteiger partial charge in [-0.3, -0.25) is 0 Å². The molecule has 7 heteroatoms. The summed E-state index contributed by atoms with van der Waals surface area (Å²) < 4.78 is 13.4. The summed E-state index contributed by atoms with van der Waals surface area (Å²) in [6, 6.07) is 10.2. The molecule has 6 nitrogen and oxygen atoms in total. The summed E-state index contributed by atoms with van der Waals surface area (Å²) in [5.41, 5.74) is 2.86. The smallest absolute Gasteiger partial charge is 0.212 e. The molecule has 140 valence electrons. The standard InChI is InChI=1S/C20H22N4O2S/c1-3-27-20-23-22-14(2)24(20)21-12-18-9-10-19(26-18)13-25-17-8-7-15-5-4-6-16(15)11-17/h7-12H,3-6,13H2,1-2H3/b21-12+. The van der Waals surface area contributed by atoms with Crippen LogP contribution in [-0.2, 0) is 19.4 Å². The van der Waals surface area contributed by atoms with E-state index in [9.17, 15) is 0 Å². The van der Waals surface area contributed by atoms with Crippen molar-refractivity contribution in [1.82, 2.24) is 14.9 Å². The first-order valence-electron chi connectivity index (χ1n) is 9.15. The van der Waals surface area contributed by atoms with Gasteiger partial charge in [0.2, 0.25) is 5.16 Å². The number of aryl methyl sites for hydroxylation is 3. The van der Waals surface area contributed by atoms with E-state index in [1.54, 1.807) is 22.7 Å². The van der Waals surface area contributed by atoms with Gasteiger partial charge < -0.3 is 9.15 Å². The maximum atomic E-state index is 5.88. The third-order valence-electron chi connectivity index (χ3n) is 4.48. The van der Waals surface area contributed by atoms with Crippen LogP contribution < -0.4 is 4.74 Å². The van der Waals surface area contributed by atoms with Crippen LogP contribution in [0.1, 0.15) is 41.8 Å². The normalized spacial score (nSPS) is 13.4. The molecular weight excluding hydrogens is 360 g/mol. The summed E-state index contributed by atoms with van der Waals surface area (Å²) in [6.07, 6.45) is 5.24. The fraction of sp³-hybridized carbons (Fsp3) is 0.350. The van der Waals surface area contributed by atoms with Crippen molar-refractivity contribution in [2.75, 3.05) is 5.75 Å². The zero-order valence-corrected chi connectivity index (χ0v) is 16.3. The zero-order valence-electron chi connectivity index (χ0n) is 15.5. The Morgan fingerprint density at radius 1 is 1.22 bits per heavy atom. The number of fused-ring (bicyclic) bond motifs is 1. The minimum atomic E-state index is 0.398. The maximum absolute atomic E-state index is 5.88. The van der Waals surface area contributed by atoms with Gasteiger partial charge in [-0.2, -0.15) is 9.78 Å². The van der Waals surface area contributed by atoms with Crippen LogP contribution in [0.5, 0.6) is 5.75 Å². The van der Waals surface area contributed by atoms with Gasteiger partial charge in [0.25, 0.3) is 0 Å². The summed E-state index contributed by atoms with van der Waals surface area (Å²) in [5, 5.41) is 13.4. The SMILES string of the molecule is CCSc1nnc(C)n1/N=C/c1ccc(COc2ccc3c(c2)CCC3)o1. The molecule has 0 amide bonds. The minimum Gasteiger partial charge on any atom is -0.486 e. The molecule has 4 rings (SSSR count). The van der Waals surface area contributed by atoms with Gasteiger partial charge in [0.15, 0.2) is 5.82 Å². The van der Waals surface area contributed by atoms with E-state index in [0.29, 0.717) is 12.4 Å². The Morgan fingerprint density at radius 3 is 3.00 bits per heavy atom. The molecule has 0 saturated heterocycles. The molecule has 0 bridgehead atoms. The highest BCUT2D eigenvalue weighted by molar-refractivity contribution is 7.99. The lowest BCUT2D eigenvalue weighted by atomic mass is 10.1. The van der Waals surface area contributed by atoms with E-state index in [4.69, 9.17) is 9.15 Å². The number of thioether (sulfide) groups is 1. The lowest BCUT2D eigenvalue weighted by Gasteiger charge is -2.06. The van der Waals surface area contributed by atoms with Crippen LogP contribution in [0.4, 0.5) is 0 Å². The molecule has 1 aromatic carbocycles. The largest absolute Gasteiger partial charge is 0.486 e. The Hall–Kier alpha value is -2.54. The molecule has 0 fully saturated rings. The van der Waals surface area contributed by atoms with Gasteiger partial charge in [-0.05, 0) is 67.3 Å². The van der Waals surface area contributed by atoms with Gasteiger partial charge in [0, 0.05) is 0 Å². The third kappa shape index (κ3) is 4.08. The summed E-state index contributed by atoms with van der Waals surface area (Å²) in [4.78, 5) is 0. The first-order valence-corrected chi connectivity index (χ1v) is 10.1. The van der Waals surface area contributed by atoms with Crippen molar-refractivity contribution >= 4 is 18.0 Å². The minimum absolute atomic E-state index is 0.398. The van der Waals surface area contributed by atoms with Crippen LogP contribution in [0.25, 0.3) is 0 Å². The molecule has 1 aliphatic carbocycles. The van der Waals surface area contributed by atoms with Gasteiger partial charge in [-0.25, -0.2) is 0 Å². The van der Waals surface area contributed by atoms with Crippen LogP contribution in [0.3, 0.4) is 0 Å². The molecule has 0 N–H and O–H groups in total. The van der Waals surface area contributed by atoms with Crippen molar-refractivity contribution in [3.05, 3.63) is 58.8 Å². The monoisotopic (exact) mass is 382 g/mol. The van der Waals surface area contributed by atoms with Gasteiger partial charge in [-0.1, -0.05) is 24.8 Å². The van der Waals surface area contributed by atoms with Gasteiger partial charge in [0.1, 0.15) is 23.9 Å². The van der Waals surface area contributed by atoms with E-state index in [1.807, 2.05) is 25.1 Å². The summed E-state index contributed by atoms with van der Waals surface area (Å²) in [5.74, 6) is 3.99. The second kappa shape index (κ2) is 8.00. The molecule has 1 aliphatic rings. The average Bonchev–Trinajstić information content (AvgIpc) is 3.39. The van der Waals surface area contributed by atoms with Gasteiger partial charge >= 0.3 is 0 Å². The molecule has 0 saturated carbocycles. The number of hydrogen-bond acceptors (Lipinski definition) is 6. The van der Waals surface area contributed by atoms with Crippen LogP contribution in [0, 0.1) is 6.92 Å². The van der Waals surface area contributed by atoms with Crippen molar-refractivity contribution in [3.8, 4) is 5.75 Å². The molecule has 27 heavy (non-hydrogen) atoms. The van der Waals surface area contributed by atoms with Crippen molar-refractivity contribution < 1.29 is 9.15 Å². The number of rotatable bonds is 7. The Balaban J connectivity index is 1.39. The Morgan fingerprint density at radius 2 is 2.11 bits per heavy atom. The van der Waals surface area contributed by atoms with Crippen LogP contribution in [0.2, 0.25) is 0 Å². The molecule has 0 aliphatic heterocycles. The fourth-order valence-corrected chi connectivity index (χ4v) is 3.80. The molecule has 0 unspecified atom stereocenters. The van der Waals surface area contributed by atoms with E-state index in [0.717, 1.165) is 34.7 Å². The van der Waals surface area contributed by atoms with Crippen LogP contribution in [0.15, 0.2) is 45.0 Å². The van der Waals surface area contributed by atoms with Gasteiger partial charge in [0.05, 0.1) is 6.21 Å². The Labute approximate surface area is 162 Å². The lowest BCUT2D eigenvalue weighted by molar-refractivity contribution is 0.269. The summed E-state index contributed by atoms with van der Waals surface area (Å²) in [7, 11) is 0.